The van der Waals surface area contributed by atoms with Gasteiger partial charge in [-0.3, -0.25) is 9.69 Å². The third-order valence-corrected chi connectivity index (χ3v) is 4.36. The van der Waals surface area contributed by atoms with Crippen LogP contribution in [0.2, 0.25) is 5.02 Å². The molecule has 0 radical (unpaired) electrons. The van der Waals surface area contributed by atoms with Gasteiger partial charge < -0.3 is 14.7 Å². The molecule has 1 heterocycles. The minimum Gasteiger partial charge on any atom is -0.468 e. The summed E-state index contributed by atoms with van der Waals surface area (Å²) in [6.45, 7) is 1.76. The molecule has 0 aliphatic carbocycles. The Bertz CT molecular complexity index is 542. The van der Waals surface area contributed by atoms with Crippen molar-refractivity contribution in [2.75, 3.05) is 26.7 Å². The molecule has 1 aliphatic heterocycles. The van der Waals surface area contributed by atoms with Gasteiger partial charge in [-0.15, -0.1) is 0 Å². The van der Waals surface area contributed by atoms with Gasteiger partial charge >= 0.3 is 12.1 Å². The van der Waals surface area contributed by atoms with E-state index in [-0.39, 0.29) is 18.6 Å². The van der Waals surface area contributed by atoms with E-state index < -0.39 is 6.09 Å². The fourth-order valence-electron chi connectivity index (χ4n) is 2.79. The molecule has 1 saturated heterocycles. The minimum absolute atomic E-state index is 0.153. The number of ether oxygens (including phenoxy) is 1. The molecule has 0 saturated carbocycles. The molecule has 1 N–H and O–H groups in total. The SMILES string of the molecule is COC(=O)CN(Cc1ccc(Cl)cc1)C1CCN(C(=O)O)CC1. The second kappa shape index (κ2) is 8.17. The van der Waals surface area contributed by atoms with Crippen LogP contribution in [0.15, 0.2) is 24.3 Å². The molecule has 126 valence electrons. The molecule has 0 unspecified atom stereocenters. The molecule has 1 fully saturated rings. The lowest BCUT2D eigenvalue weighted by Crippen LogP contribution is -2.47. The predicted molar refractivity (Wildman–Crippen MR) is 86.5 cm³/mol. The lowest BCUT2D eigenvalue weighted by Gasteiger charge is -2.37. The first kappa shape index (κ1) is 17.6. The number of methoxy groups -OCH3 is 1. The van der Waals surface area contributed by atoms with Gasteiger partial charge in [0.25, 0.3) is 0 Å². The van der Waals surface area contributed by atoms with Crippen molar-refractivity contribution in [2.45, 2.75) is 25.4 Å². The van der Waals surface area contributed by atoms with Crippen LogP contribution >= 0.6 is 11.6 Å². The fraction of sp³-hybridized carbons (Fsp3) is 0.500. The highest BCUT2D eigenvalue weighted by molar-refractivity contribution is 6.30. The molecule has 2 rings (SSSR count). The van der Waals surface area contributed by atoms with Crippen LogP contribution in [0.1, 0.15) is 18.4 Å². The molecule has 0 spiro atoms. The molecular weight excluding hydrogens is 320 g/mol. The monoisotopic (exact) mass is 340 g/mol. The molecule has 6 nitrogen and oxygen atoms in total. The molecule has 0 aromatic heterocycles. The Morgan fingerprint density at radius 2 is 1.91 bits per heavy atom. The standard InChI is InChI=1S/C16H21ClN2O4/c1-23-15(20)11-19(10-12-2-4-13(17)5-3-12)14-6-8-18(9-7-14)16(21)22/h2-5,14H,6-11H2,1H3,(H,21,22). The van der Waals surface area contributed by atoms with Crippen molar-refractivity contribution in [1.82, 2.24) is 9.80 Å². The van der Waals surface area contributed by atoms with Gasteiger partial charge in [0.1, 0.15) is 0 Å². The van der Waals surface area contributed by atoms with Gasteiger partial charge in [-0.05, 0) is 30.5 Å². The Morgan fingerprint density at radius 1 is 1.30 bits per heavy atom. The number of carbonyl (C=O) groups is 2. The minimum atomic E-state index is -0.888. The topological polar surface area (TPSA) is 70.1 Å². The van der Waals surface area contributed by atoms with E-state index in [1.807, 2.05) is 29.2 Å². The van der Waals surface area contributed by atoms with Crippen molar-refractivity contribution in [1.29, 1.82) is 0 Å². The first-order chi connectivity index (χ1) is 11.0. The maximum Gasteiger partial charge on any atom is 0.407 e. The largest absolute Gasteiger partial charge is 0.468 e. The number of hydrogen-bond donors (Lipinski definition) is 1. The summed E-state index contributed by atoms with van der Waals surface area (Å²) < 4.78 is 4.78. The average Bonchev–Trinajstić information content (AvgIpc) is 2.56. The summed E-state index contributed by atoms with van der Waals surface area (Å²) in [5.74, 6) is -0.292. The third-order valence-electron chi connectivity index (χ3n) is 4.11. The molecule has 1 aromatic carbocycles. The molecule has 0 atom stereocenters. The van der Waals surface area contributed by atoms with E-state index in [1.54, 1.807) is 0 Å². The van der Waals surface area contributed by atoms with Crippen molar-refractivity contribution < 1.29 is 19.4 Å². The highest BCUT2D eigenvalue weighted by Crippen LogP contribution is 2.20. The summed E-state index contributed by atoms with van der Waals surface area (Å²) in [6, 6.07) is 7.65. The van der Waals surface area contributed by atoms with Crippen molar-refractivity contribution >= 4 is 23.7 Å². The molecule has 1 aromatic rings. The summed E-state index contributed by atoms with van der Waals surface area (Å²) in [6.07, 6.45) is 0.522. The van der Waals surface area contributed by atoms with Gasteiger partial charge in [-0.2, -0.15) is 0 Å². The van der Waals surface area contributed by atoms with Crippen molar-refractivity contribution in [3.05, 3.63) is 34.9 Å². The van der Waals surface area contributed by atoms with Crippen LogP contribution in [-0.2, 0) is 16.1 Å². The number of benzene rings is 1. The van der Waals surface area contributed by atoms with E-state index in [4.69, 9.17) is 21.4 Å². The van der Waals surface area contributed by atoms with Gasteiger partial charge in [0.15, 0.2) is 0 Å². The fourth-order valence-corrected chi connectivity index (χ4v) is 2.92. The van der Waals surface area contributed by atoms with Crippen LogP contribution < -0.4 is 0 Å². The Balaban J connectivity index is 2.03. The zero-order chi connectivity index (χ0) is 16.8. The number of likely N-dealkylation sites (tertiary alicyclic amines) is 1. The summed E-state index contributed by atoms with van der Waals surface area (Å²) in [7, 11) is 1.37. The number of halogens is 1. The van der Waals surface area contributed by atoms with E-state index in [9.17, 15) is 9.59 Å². The second-order valence-corrected chi connectivity index (χ2v) is 6.04. The summed E-state index contributed by atoms with van der Waals surface area (Å²) in [5.41, 5.74) is 1.05. The van der Waals surface area contributed by atoms with Crippen LogP contribution in [0, 0.1) is 0 Å². The van der Waals surface area contributed by atoms with E-state index >= 15 is 0 Å². The average molecular weight is 341 g/mol. The highest BCUT2D eigenvalue weighted by Gasteiger charge is 2.28. The third kappa shape index (κ3) is 5.11. The quantitative estimate of drug-likeness (QED) is 0.834. The number of rotatable bonds is 5. The molecule has 7 heteroatoms. The molecular formula is C16H21ClN2O4. The number of carbonyl (C=O) groups excluding carboxylic acids is 1. The van der Waals surface area contributed by atoms with Gasteiger partial charge in [0.05, 0.1) is 13.7 Å². The van der Waals surface area contributed by atoms with E-state index in [0.717, 1.165) is 5.56 Å². The van der Waals surface area contributed by atoms with Crippen molar-refractivity contribution in [3.8, 4) is 0 Å². The zero-order valence-corrected chi connectivity index (χ0v) is 13.8. The first-order valence-corrected chi connectivity index (χ1v) is 7.90. The lowest BCUT2D eigenvalue weighted by atomic mass is 10.0. The summed E-state index contributed by atoms with van der Waals surface area (Å²) >= 11 is 5.90. The summed E-state index contributed by atoms with van der Waals surface area (Å²) in [4.78, 5) is 26.2. The maximum absolute atomic E-state index is 11.7. The Kier molecular flexibility index (Phi) is 6.24. The van der Waals surface area contributed by atoms with E-state index in [0.29, 0.717) is 37.5 Å². The number of hydrogen-bond acceptors (Lipinski definition) is 4. The Morgan fingerprint density at radius 3 is 2.43 bits per heavy atom. The van der Waals surface area contributed by atoms with Crippen LogP contribution in [-0.4, -0.2) is 59.8 Å². The Labute approximate surface area is 140 Å². The summed E-state index contributed by atoms with van der Waals surface area (Å²) in [5, 5.41) is 9.70. The maximum atomic E-state index is 11.7. The lowest BCUT2D eigenvalue weighted by molar-refractivity contribution is -0.143. The van der Waals surface area contributed by atoms with Crippen molar-refractivity contribution in [3.63, 3.8) is 0 Å². The second-order valence-electron chi connectivity index (χ2n) is 5.61. The van der Waals surface area contributed by atoms with E-state index in [2.05, 4.69) is 0 Å². The van der Waals surface area contributed by atoms with Crippen LogP contribution in [0.25, 0.3) is 0 Å². The molecule has 1 aliphatic rings. The zero-order valence-electron chi connectivity index (χ0n) is 13.1. The first-order valence-electron chi connectivity index (χ1n) is 7.52. The van der Waals surface area contributed by atoms with Crippen LogP contribution in [0.4, 0.5) is 4.79 Å². The molecule has 0 bridgehead atoms. The molecule has 23 heavy (non-hydrogen) atoms. The number of esters is 1. The van der Waals surface area contributed by atoms with Crippen molar-refractivity contribution in [2.24, 2.45) is 0 Å². The van der Waals surface area contributed by atoms with Crippen LogP contribution in [0.3, 0.4) is 0 Å². The smallest absolute Gasteiger partial charge is 0.407 e. The van der Waals surface area contributed by atoms with Gasteiger partial charge in [-0.1, -0.05) is 23.7 Å². The van der Waals surface area contributed by atoms with E-state index in [1.165, 1.54) is 12.0 Å². The van der Waals surface area contributed by atoms with Crippen LogP contribution in [0.5, 0.6) is 0 Å². The highest BCUT2D eigenvalue weighted by atomic mass is 35.5. The van der Waals surface area contributed by atoms with Gasteiger partial charge in [0, 0.05) is 30.7 Å². The predicted octanol–water partition coefficient (Wildman–Crippen LogP) is 2.46. The van der Waals surface area contributed by atoms with Gasteiger partial charge in [-0.25, -0.2) is 4.79 Å². The number of carboxylic acid groups (broad SMARTS) is 1. The number of nitrogens with zero attached hydrogens (tertiary/aromatic N) is 2. The Hall–Kier alpha value is -1.79. The number of piperidine rings is 1. The normalized spacial score (nSPS) is 15.7. The number of amides is 1. The molecule has 1 amide bonds. The van der Waals surface area contributed by atoms with Gasteiger partial charge in [0.2, 0.25) is 0 Å².